The van der Waals surface area contributed by atoms with Crippen LogP contribution in [0.3, 0.4) is 0 Å². The molecule has 11 nitrogen and oxygen atoms in total. The normalized spacial score (nSPS) is 10.8. The molecular formula is C38H52N2O9. The number of carbonyl (C=O) groups is 2. The molecule has 4 aromatic rings. The van der Waals surface area contributed by atoms with Gasteiger partial charge in [-0.05, 0) is 47.2 Å². The van der Waals surface area contributed by atoms with E-state index in [4.69, 9.17) is 23.8 Å². The molecule has 2 N–H and O–H groups in total. The number of ether oxygens (including phenoxy) is 1. The third kappa shape index (κ3) is 12.7. The standard InChI is InChI=1S/C19H25NO4.C13H13NO4.C6H14O/c1-5-13(6-2)12-23-18(21)9-14-10-19(22)24-17-11-15(20(3)4)7-8-16(14)17;1-14(2)9-3-4-10-8(5-12(15)16)6-13(17)18-11(10)7-9;1-3-6(4-2)5-7/h7-8,10-11,13H,5-6,9,12H2,1-4H3;3-4,6-7H,5H2,1-2H3,(H,15,16);6-7H,3-5H2,1-2H3. The Hall–Kier alpha value is -4.64. The highest BCUT2D eigenvalue weighted by Crippen LogP contribution is 2.24. The van der Waals surface area contributed by atoms with Gasteiger partial charge in [0.15, 0.2) is 0 Å². The molecule has 0 saturated carbocycles. The van der Waals surface area contributed by atoms with Gasteiger partial charge in [-0.3, -0.25) is 9.59 Å². The number of benzene rings is 2. The molecule has 0 amide bonds. The Kier molecular flexibility index (Phi) is 16.6. The minimum atomic E-state index is -0.974. The van der Waals surface area contributed by atoms with Crippen molar-refractivity contribution in [3.63, 3.8) is 0 Å². The second-order valence-corrected chi connectivity index (χ2v) is 12.3. The Morgan fingerprint density at radius 2 is 1.12 bits per heavy atom. The van der Waals surface area contributed by atoms with Gasteiger partial charge in [-0.2, -0.15) is 0 Å². The molecule has 268 valence electrons. The van der Waals surface area contributed by atoms with Gasteiger partial charge in [-0.15, -0.1) is 0 Å². The van der Waals surface area contributed by atoms with Crippen molar-refractivity contribution >= 4 is 45.3 Å². The quantitative estimate of drug-likeness (QED) is 0.121. The molecule has 0 atom stereocenters. The minimum absolute atomic E-state index is 0.0730. The maximum Gasteiger partial charge on any atom is 0.336 e. The van der Waals surface area contributed by atoms with E-state index in [-0.39, 0.29) is 18.8 Å². The van der Waals surface area contributed by atoms with Crippen LogP contribution < -0.4 is 21.1 Å². The van der Waals surface area contributed by atoms with Crippen LogP contribution in [0.2, 0.25) is 0 Å². The average molecular weight is 681 g/mol. The van der Waals surface area contributed by atoms with E-state index in [0.29, 0.717) is 52.7 Å². The molecule has 0 aliphatic carbocycles. The van der Waals surface area contributed by atoms with Crippen LogP contribution in [0.15, 0.2) is 67.0 Å². The highest BCUT2D eigenvalue weighted by molar-refractivity contribution is 5.88. The van der Waals surface area contributed by atoms with Crippen molar-refractivity contribution in [1.82, 2.24) is 0 Å². The third-order valence-corrected chi connectivity index (χ3v) is 8.38. The SMILES string of the molecule is CCC(CC)CO.CCC(CC)COC(=O)Cc1cc(=O)oc2cc(N(C)C)ccc12.CN(C)c1ccc2c(CC(=O)O)cc(=O)oc2c1. The molecule has 0 fully saturated rings. The minimum Gasteiger partial charge on any atom is -0.481 e. The summed E-state index contributed by atoms with van der Waals surface area (Å²) in [6.07, 6.45) is 4.05. The number of esters is 1. The molecule has 11 heteroatoms. The number of anilines is 2. The molecule has 0 saturated heterocycles. The fraction of sp³-hybridized carbons (Fsp3) is 0.474. The van der Waals surface area contributed by atoms with Crippen LogP contribution in [0.1, 0.15) is 64.5 Å². The monoisotopic (exact) mass is 680 g/mol. The molecule has 2 heterocycles. The van der Waals surface area contributed by atoms with Crippen molar-refractivity contribution in [2.75, 3.05) is 51.2 Å². The molecule has 0 aliphatic heterocycles. The Morgan fingerprint density at radius 3 is 1.47 bits per heavy atom. The van der Waals surface area contributed by atoms with Gasteiger partial charge in [-0.25, -0.2) is 9.59 Å². The smallest absolute Gasteiger partial charge is 0.336 e. The third-order valence-electron chi connectivity index (χ3n) is 8.38. The van der Waals surface area contributed by atoms with Crippen LogP contribution in [0.5, 0.6) is 0 Å². The summed E-state index contributed by atoms with van der Waals surface area (Å²) in [5, 5.41) is 18.8. The van der Waals surface area contributed by atoms with E-state index in [2.05, 4.69) is 27.7 Å². The van der Waals surface area contributed by atoms with Gasteiger partial charge < -0.3 is 33.6 Å². The summed E-state index contributed by atoms with van der Waals surface area (Å²) >= 11 is 0. The lowest BCUT2D eigenvalue weighted by atomic mass is 10.0. The van der Waals surface area contributed by atoms with Gasteiger partial charge in [-0.1, -0.05) is 53.4 Å². The van der Waals surface area contributed by atoms with E-state index in [1.165, 1.54) is 12.1 Å². The van der Waals surface area contributed by atoms with Gasteiger partial charge in [0.25, 0.3) is 0 Å². The summed E-state index contributed by atoms with van der Waals surface area (Å²) in [6, 6.07) is 13.6. The van der Waals surface area contributed by atoms with Crippen LogP contribution >= 0.6 is 0 Å². The largest absolute Gasteiger partial charge is 0.481 e. The first-order valence-corrected chi connectivity index (χ1v) is 16.7. The Labute approximate surface area is 288 Å². The number of aliphatic hydroxyl groups excluding tert-OH is 1. The van der Waals surface area contributed by atoms with Crippen LogP contribution in [0, 0.1) is 11.8 Å². The number of carboxylic acids is 1. The number of carboxylic acid groups (broad SMARTS) is 1. The molecule has 2 aromatic carbocycles. The number of hydrogen-bond acceptors (Lipinski definition) is 10. The first-order chi connectivity index (χ1) is 23.3. The van der Waals surface area contributed by atoms with Crippen molar-refractivity contribution < 1.29 is 33.4 Å². The van der Waals surface area contributed by atoms with Crippen molar-refractivity contribution in [1.29, 1.82) is 0 Å². The predicted octanol–water partition coefficient (Wildman–Crippen LogP) is 6.28. The van der Waals surface area contributed by atoms with Crippen LogP contribution in [0.4, 0.5) is 11.4 Å². The number of hydrogen-bond donors (Lipinski definition) is 2. The molecule has 0 radical (unpaired) electrons. The summed E-state index contributed by atoms with van der Waals surface area (Å²) in [7, 11) is 7.58. The van der Waals surface area contributed by atoms with E-state index in [1.807, 2.05) is 56.2 Å². The number of aliphatic hydroxyl groups is 1. The fourth-order valence-corrected chi connectivity index (χ4v) is 4.94. The predicted molar refractivity (Wildman–Crippen MR) is 195 cm³/mol. The molecule has 0 aliphatic rings. The summed E-state index contributed by atoms with van der Waals surface area (Å²) in [4.78, 5) is 49.9. The highest BCUT2D eigenvalue weighted by Gasteiger charge is 2.14. The molecule has 4 rings (SSSR count). The van der Waals surface area contributed by atoms with Gasteiger partial charge in [0, 0.05) is 81.2 Å². The maximum absolute atomic E-state index is 12.1. The second-order valence-electron chi connectivity index (χ2n) is 12.3. The Bertz CT molecular complexity index is 1760. The first kappa shape index (κ1) is 40.5. The summed E-state index contributed by atoms with van der Waals surface area (Å²) in [5.74, 6) is -0.363. The van der Waals surface area contributed by atoms with Gasteiger partial charge in [0.2, 0.25) is 0 Å². The average Bonchev–Trinajstić information content (AvgIpc) is 3.05. The number of nitrogens with zero attached hydrogens (tertiary/aromatic N) is 2. The van der Waals surface area contributed by atoms with Crippen LogP contribution in [0.25, 0.3) is 21.9 Å². The highest BCUT2D eigenvalue weighted by atomic mass is 16.5. The van der Waals surface area contributed by atoms with Gasteiger partial charge in [0.05, 0.1) is 19.4 Å². The molecule has 0 bridgehead atoms. The van der Waals surface area contributed by atoms with E-state index in [9.17, 15) is 19.2 Å². The van der Waals surface area contributed by atoms with Crippen molar-refractivity contribution in [2.45, 2.75) is 66.2 Å². The zero-order valence-electron chi connectivity index (χ0n) is 30.1. The van der Waals surface area contributed by atoms with Crippen LogP contribution in [-0.4, -0.2) is 63.6 Å². The topological polar surface area (TPSA) is 151 Å². The maximum atomic E-state index is 12.1. The first-order valence-electron chi connectivity index (χ1n) is 16.7. The summed E-state index contributed by atoms with van der Waals surface area (Å²) < 4.78 is 15.7. The zero-order chi connectivity index (χ0) is 36.7. The van der Waals surface area contributed by atoms with Gasteiger partial charge in [0.1, 0.15) is 11.2 Å². The molecule has 49 heavy (non-hydrogen) atoms. The van der Waals surface area contributed by atoms with Crippen molar-refractivity contribution in [3.8, 4) is 0 Å². The molecular weight excluding hydrogens is 628 g/mol. The number of aliphatic carboxylic acids is 1. The number of carbonyl (C=O) groups excluding carboxylic acids is 1. The number of fused-ring (bicyclic) bond motifs is 2. The summed E-state index contributed by atoms with van der Waals surface area (Å²) in [6.45, 7) is 9.15. The van der Waals surface area contributed by atoms with E-state index >= 15 is 0 Å². The summed E-state index contributed by atoms with van der Waals surface area (Å²) in [5.41, 5.74) is 2.83. The lowest BCUT2D eigenvalue weighted by molar-refractivity contribution is -0.144. The molecule has 2 aromatic heterocycles. The Morgan fingerprint density at radius 1 is 0.694 bits per heavy atom. The lowest BCUT2D eigenvalue weighted by Gasteiger charge is -2.14. The van der Waals surface area contributed by atoms with Crippen molar-refractivity contribution in [3.05, 3.63) is 80.5 Å². The molecule has 0 unspecified atom stereocenters. The van der Waals surface area contributed by atoms with E-state index < -0.39 is 17.2 Å². The zero-order valence-corrected chi connectivity index (χ0v) is 30.1. The second kappa shape index (κ2) is 20.0. The lowest BCUT2D eigenvalue weighted by Crippen LogP contribution is -2.16. The number of rotatable bonds is 13. The fourth-order valence-electron chi connectivity index (χ4n) is 4.94. The van der Waals surface area contributed by atoms with Crippen molar-refractivity contribution in [2.24, 2.45) is 11.8 Å². The Balaban J connectivity index is 0.000000293. The molecule has 0 spiro atoms. The van der Waals surface area contributed by atoms with E-state index in [1.54, 1.807) is 18.2 Å². The van der Waals surface area contributed by atoms with Crippen LogP contribution in [-0.2, 0) is 27.2 Å². The van der Waals surface area contributed by atoms with Gasteiger partial charge >= 0.3 is 23.2 Å². The van der Waals surface area contributed by atoms with E-state index in [0.717, 1.165) is 42.4 Å².